The Hall–Kier alpha value is -3.12. The largest absolute Gasteiger partial charge is 0.490 e. The number of ether oxygens (including phenoxy) is 1. The van der Waals surface area contributed by atoms with Gasteiger partial charge in [0.2, 0.25) is 5.95 Å². The van der Waals surface area contributed by atoms with Crippen molar-refractivity contribution in [2.45, 2.75) is 0 Å². The molecule has 1 heterocycles. The fourth-order valence-electron chi connectivity index (χ4n) is 2.40. The third-order valence-corrected chi connectivity index (χ3v) is 4.11. The van der Waals surface area contributed by atoms with E-state index in [-0.39, 0.29) is 5.91 Å². The number of aromatic nitrogens is 2. The molecule has 0 atom stereocenters. The van der Waals surface area contributed by atoms with Crippen LogP contribution in [-0.4, -0.2) is 41.0 Å². The minimum Gasteiger partial charge on any atom is -0.490 e. The Morgan fingerprint density at radius 2 is 1.89 bits per heavy atom. The summed E-state index contributed by atoms with van der Waals surface area (Å²) in [6, 6.07) is 16.2. The van der Waals surface area contributed by atoms with Crippen molar-refractivity contribution in [3.05, 3.63) is 77.6 Å². The van der Waals surface area contributed by atoms with Crippen LogP contribution in [0.3, 0.4) is 0 Å². The van der Waals surface area contributed by atoms with Gasteiger partial charge in [-0.2, -0.15) is 0 Å². The van der Waals surface area contributed by atoms with Crippen LogP contribution in [0.15, 0.2) is 67.0 Å². The van der Waals surface area contributed by atoms with E-state index in [0.29, 0.717) is 35.4 Å². The quantitative estimate of drug-likeness (QED) is 0.668. The number of likely N-dealkylation sites (N-methyl/N-ethyl adjacent to an activating group) is 1. The van der Waals surface area contributed by atoms with Gasteiger partial charge in [0.15, 0.2) is 0 Å². The predicted octanol–water partition coefficient (Wildman–Crippen LogP) is 4.02. The zero-order valence-corrected chi connectivity index (χ0v) is 15.6. The number of carbonyl (C=O) groups excluding carboxylic acids is 1. The van der Waals surface area contributed by atoms with Gasteiger partial charge in [-0.25, -0.2) is 9.97 Å². The molecule has 3 rings (SSSR count). The van der Waals surface area contributed by atoms with Gasteiger partial charge in [-0.15, -0.1) is 0 Å². The molecule has 0 aliphatic carbocycles. The van der Waals surface area contributed by atoms with E-state index < -0.39 is 0 Å². The highest BCUT2D eigenvalue weighted by molar-refractivity contribution is 6.32. The Balaban J connectivity index is 1.58. The molecule has 3 aromatic rings. The van der Waals surface area contributed by atoms with Gasteiger partial charge in [-0.05, 0) is 36.4 Å². The molecule has 138 valence electrons. The van der Waals surface area contributed by atoms with E-state index in [4.69, 9.17) is 16.3 Å². The van der Waals surface area contributed by atoms with Gasteiger partial charge in [0.25, 0.3) is 5.91 Å². The van der Waals surface area contributed by atoms with Crippen LogP contribution in [0, 0.1) is 0 Å². The van der Waals surface area contributed by atoms with E-state index in [0.717, 1.165) is 5.69 Å². The lowest BCUT2D eigenvalue weighted by molar-refractivity contribution is 0.0774. The van der Waals surface area contributed by atoms with Crippen LogP contribution in [-0.2, 0) is 0 Å². The number of anilines is 2. The number of para-hydroxylation sites is 1. The van der Waals surface area contributed by atoms with Crippen LogP contribution in [0.25, 0.3) is 0 Å². The summed E-state index contributed by atoms with van der Waals surface area (Å²) in [6.45, 7) is 0.783. The number of rotatable bonds is 7. The zero-order valence-electron chi connectivity index (χ0n) is 14.8. The third kappa shape index (κ3) is 5.18. The SMILES string of the molecule is CN(CCOc1ccccc1Cl)C(=O)c1cccc(Nc2ncccn2)c1. The maximum absolute atomic E-state index is 12.6. The van der Waals surface area contributed by atoms with Gasteiger partial charge >= 0.3 is 0 Å². The summed E-state index contributed by atoms with van der Waals surface area (Å²) < 4.78 is 5.64. The predicted molar refractivity (Wildman–Crippen MR) is 106 cm³/mol. The molecule has 0 bridgehead atoms. The van der Waals surface area contributed by atoms with Gasteiger partial charge in [0.05, 0.1) is 11.6 Å². The van der Waals surface area contributed by atoms with Gasteiger partial charge < -0.3 is 15.0 Å². The molecule has 7 heteroatoms. The lowest BCUT2D eigenvalue weighted by atomic mass is 10.2. The van der Waals surface area contributed by atoms with E-state index in [1.165, 1.54) is 0 Å². The van der Waals surface area contributed by atoms with Crippen molar-refractivity contribution in [2.24, 2.45) is 0 Å². The molecule has 0 aliphatic heterocycles. The zero-order chi connectivity index (χ0) is 19.1. The number of halogens is 1. The van der Waals surface area contributed by atoms with Gasteiger partial charge in [0, 0.05) is 30.7 Å². The maximum atomic E-state index is 12.6. The highest BCUT2D eigenvalue weighted by Crippen LogP contribution is 2.23. The number of hydrogen-bond acceptors (Lipinski definition) is 5. The molecular formula is C20H19ClN4O2. The second kappa shape index (κ2) is 9.00. The summed E-state index contributed by atoms with van der Waals surface area (Å²) >= 11 is 6.06. The first kappa shape index (κ1) is 18.7. The normalized spacial score (nSPS) is 10.3. The molecule has 6 nitrogen and oxygen atoms in total. The van der Waals surface area contributed by atoms with Crippen molar-refractivity contribution in [1.29, 1.82) is 0 Å². The summed E-state index contributed by atoms with van der Waals surface area (Å²) in [5.74, 6) is 0.980. The second-order valence-corrected chi connectivity index (χ2v) is 6.19. The van der Waals surface area contributed by atoms with E-state index in [2.05, 4.69) is 15.3 Å². The molecule has 1 amide bonds. The Kier molecular flexibility index (Phi) is 6.22. The first-order valence-corrected chi connectivity index (χ1v) is 8.78. The molecule has 0 saturated carbocycles. The highest BCUT2D eigenvalue weighted by Gasteiger charge is 2.12. The van der Waals surface area contributed by atoms with Crippen LogP contribution < -0.4 is 10.1 Å². The molecule has 1 aromatic heterocycles. The van der Waals surface area contributed by atoms with Crippen molar-refractivity contribution >= 4 is 29.1 Å². The molecule has 2 aromatic carbocycles. The van der Waals surface area contributed by atoms with Gasteiger partial charge in [-0.3, -0.25) is 4.79 Å². The van der Waals surface area contributed by atoms with Crippen LogP contribution >= 0.6 is 11.6 Å². The first-order chi connectivity index (χ1) is 13.1. The molecule has 1 N–H and O–H groups in total. The fourth-order valence-corrected chi connectivity index (χ4v) is 2.59. The van der Waals surface area contributed by atoms with Crippen molar-refractivity contribution in [3.63, 3.8) is 0 Å². The summed E-state index contributed by atoms with van der Waals surface area (Å²) in [5, 5.41) is 3.63. The Labute approximate surface area is 162 Å². The maximum Gasteiger partial charge on any atom is 0.253 e. The van der Waals surface area contributed by atoms with Crippen molar-refractivity contribution in [1.82, 2.24) is 14.9 Å². The number of hydrogen-bond donors (Lipinski definition) is 1. The smallest absolute Gasteiger partial charge is 0.253 e. The third-order valence-electron chi connectivity index (χ3n) is 3.80. The average Bonchev–Trinajstić information content (AvgIpc) is 2.70. The number of carbonyl (C=O) groups is 1. The lowest BCUT2D eigenvalue weighted by Gasteiger charge is -2.18. The molecule has 0 unspecified atom stereocenters. The van der Waals surface area contributed by atoms with Crippen LogP contribution in [0.5, 0.6) is 5.75 Å². The van der Waals surface area contributed by atoms with Crippen molar-refractivity contribution < 1.29 is 9.53 Å². The summed E-state index contributed by atoms with van der Waals surface area (Å²) in [4.78, 5) is 22.5. The van der Waals surface area contributed by atoms with Crippen LogP contribution in [0.2, 0.25) is 5.02 Å². The highest BCUT2D eigenvalue weighted by atomic mass is 35.5. The average molecular weight is 383 g/mol. The van der Waals surface area contributed by atoms with Gasteiger partial charge in [0.1, 0.15) is 12.4 Å². The molecule has 0 saturated heterocycles. The Bertz CT molecular complexity index is 905. The van der Waals surface area contributed by atoms with E-state index >= 15 is 0 Å². The topological polar surface area (TPSA) is 67.3 Å². The summed E-state index contributed by atoms with van der Waals surface area (Å²) in [7, 11) is 1.73. The molecule has 0 radical (unpaired) electrons. The number of amides is 1. The minimum absolute atomic E-state index is 0.101. The van der Waals surface area contributed by atoms with Gasteiger partial charge in [-0.1, -0.05) is 29.8 Å². The molecule has 0 aliphatic rings. The monoisotopic (exact) mass is 382 g/mol. The Morgan fingerprint density at radius 3 is 2.67 bits per heavy atom. The van der Waals surface area contributed by atoms with Crippen molar-refractivity contribution in [3.8, 4) is 5.75 Å². The fraction of sp³-hybridized carbons (Fsp3) is 0.150. The molecule has 0 fully saturated rings. The first-order valence-electron chi connectivity index (χ1n) is 8.40. The van der Waals surface area contributed by atoms with E-state index in [9.17, 15) is 4.79 Å². The van der Waals surface area contributed by atoms with E-state index in [1.54, 1.807) is 54.7 Å². The standard InChI is InChI=1S/C20H19ClN4O2/c1-25(12-13-27-18-9-3-2-8-17(18)21)19(26)15-6-4-7-16(14-15)24-20-22-10-5-11-23-20/h2-11,14H,12-13H2,1H3,(H,22,23,24). The lowest BCUT2D eigenvalue weighted by Crippen LogP contribution is -2.30. The molecule has 27 heavy (non-hydrogen) atoms. The van der Waals surface area contributed by atoms with Crippen LogP contribution in [0.1, 0.15) is 10.4 Å². The molecule has 0 spiro atoms. The number of benzene rings is 2. The summed E-state index contributed by atoms with van der Waals surface area (Å²) in [5.41, 5.74) is 1.31. The second-order valence-electron chi connectivity index (χ2n) is 5.78. The number of nitrogens with one attached hydrogen (secondary N) is 1. The van der Waals surface area contributed by atoms with E-state index in [1.807, 2.05) is 24.3 Å². The van der Waals surface area contributed by atoms with Crippen LogP contribution in [0.4, 0.5) is 11.6 Å². The Morgan fingerprint density at radius 1 is 1.11 bits per heavy atom. The van der Waals surface area contributed by atoms with Crippen molar-refractivity contribution in [2.75, 3.05) is 25.5 Å². The minimum atomic E-state index is -0.101. The number of nitrogens with zero attached hydrogens (tertiary/aromatic N) is 3. The molecular weight excluding hydrogens is 364 g/mol. The summed E-state index contributed by atoms with van der Waals surface area (Å²) in [6.07, 6.45) is 3.30.